The molecule has 2 N–H and O–H groups in total. The van der Waals surface area contributed by atoms with E-state index in [-0.39, 0.29) is 5.75 Å². The van der Waals surface area contributed by atoms with Gasteiger partial charge < -0.3 is 10.2 Å². The Morgan fingerprint density at radius 2 is 1.65 bits per heavy atom. The van der Waals surface area contributed by atoms with Crippen LogP contribution in [0.15, 0.2) is 73.0 Å². The van der Waals surface area contributed by atoms with Crippen LogP contribution < -0.4 is 0 Å². The van der Waals surface area contributed by atoms with E-state index >= 15 is 0 Å². The average molecular weight is 302 g/mol. The minimum absolute atomic E-state index is 0.152. The average Bonchev–Trinajstić information content (AvgIpc) is 2.59. The van der Waals surface area contributed by atoms with E-state index in [1.165, 1.54) is 0 Å². The van der Waals surface area contributed by atoms with Crippen LogP contribution in [0.4, 0.5) is 0 Å². The molecule has 0 radical (unpaired) electrons. The van der Waals surface area contributed by atoms with Crippen LogP contribution in [-0.4, -0.2) is 10.2 Å². The summed E-state index contributed by atoms with van der Waals surface area (Å²) in [6.07, 6.45) is 5.02. The molecule has 0 unspecified atom stereocenters. The lowest BCUT2D eigenvalue weighted by atomic mass is 9.90. The van der Waals surface area contributed by atoms with Gasteiger partial charge in [0.15, 0.2) is 0 Å². The fourth-order valence-electron chi connectivity index (χ4n) is 2.88. The van der Waals surface area contributed by atoms with Gasteiger partial charge in [0.2, 0.25) is 0 Å². The Morgan fingerprint density at radius 1 is 0.913 bits per heavy atom. The molecule has 2 heteroatoms. The molecule has 114 valence electrons. The number of hydrogen-bond acceptors (Lipinski definition) is 2. The largest absolute Gasteiger partial charge is 0.515 e. The van der Waals surface area contributed by atoms with Crippen molar-refractivity contribution in [3.05, 3.63) is 89.7 Å². The topological polar surface area (TPSA) is 40.5 Å². The van der Waals surface area contributed by atoms with Gasteiger partial charge in [-0.1, -0.05) is 66.7 Å². The van der Waals surface area contributed by atoms with Gasteiger partial charge in [-0.15, -0.1) is 0 Å². The molecule has 0 saturated carbocycles. The maximum Gasteiger partial charge on any atom is 0.124 e. The van der Waals surface area contributed by atoms with E-state index in [0.717, 1.165) is 28.2 Å². The number of aliphatic hydroxyl groups is 1. The highest BCUT2D eigenvalue weighted by Crippen LogP contribution is 2.37. The fourth-order valence-corrected chi connectivity index (χ4v) is 2.88. The Morgan fingerprint density at radius 3 is 2.43 bits per heavy atom. The highest BCUT2D eigenvalue weighted by molar-refractivity contribution is 6.00. The molecular weight excluding hydrogens is 284 g/mol. The van der Waals surface area contributed by atoms with E-state index in [9.17, 15) is 10.2 Å². The second-order valence-corrected chi connectivity index (χ2v) is 5.31. The first-order chi connectivity index (χ1) is 11.3. The number of aliphatic hydroxyl groups excluding tert-OH is 1. The van der Waals surface area contributed by atoms with Crippen molar-refractivity contribution < 1.29 is 10.2 Å². The van der Waals surface area contributed by atoms with Crippen molar-refractivity contribution in [2.45, 2.75) is 6.92 Å². The van der Waals surface area contributed by atoms with Crippen LogP contribution in [0.2, 0.25) is 0 Å². The summed E-state index contributed by atoms with van der Waals surface area (Å²) in [6.45, 7) is 1.95. The van der Waals surface area contributed by atoms with Gasteiger partial charge in [0.05, 0.1) is 6.26 Å². The maximum atomic E-state index is 10.4. The summed E-state index contributed by atoms with van der Waals surface area (Å²) in [4.78, 5) is 0. The molecular formula is C21H18O2. The number of phenolic OH excluding ortho intramolecular Hbond substituents is 1. The molecule has 23 heavy (non-hydrogen) atoms. The molecule has 0 heterocycles. The second-order valence-electron chi connectivity index (χ2n) is 5.31. The molecule has 3 rings (SSSR count). The normalized spacial score (nSPS) is 12.1. The van der Waals surface area contributed by atoms with Gasteiger partial charge >= 0.3 is 0 Å². The number of benzene rings is 3. The second kappa shape index (κ2) is 6.41. The van der Waals surface area contributed by atoms with E-state index < -0.39 is 0 Å². The Bertz CT molecular complexity index is 905. The first kappa shape index (κ1) is 14.9. The summed E-state index contributed by atoms with van der Waals surface area (Å²) in [6, 6.07) is 19.2. The molecule has 3 aromatic rings. The van der Waals surface area contributed by atoms with Gasteiger partial charge in [-0.25, -0.2) is 0 Å². The minimum atomic E-state index is 0.152. The van der Waals surface area contributed by atoms with Crippen molar-refractivity contribution in [2.75, 3.05) is 0 Å². The van der Waals surface area contributed by atoms with Gasteiger partial charge in [0.1, 0.15) is 5.75 Å². The first-order valence-corrected chi connectivity index (χ1v) is 7.54. The quantitative estimate of drug-likeness (QED) is 0.625. The standard InChI is InChI=1S/C21H18O2/c1-2-7-15-8-3-5-10-17(15)19(14-22)21-18-11-6-4-9-16(18)12-13-20(21)23/h2-14,22-23H,1H3/b7-2-,19-14?. The molecule has 0 atom stereocenters. The molecule has 0 aliphatic heterocycles. The predicted octanol–water partition coefficient (Wildman–Crippen LogP) is 5.53. The third-order valence-corrected chi connectivity index (χ3v) is 3.90. The molecule has 0 spiro atoms. The predicted molar refractivity (Wildman–Crippen MR) is 96.5 cm³/mol. The van der Waals surface area contributed by atoms with Crippen molar-refractivity contribution >= 4 is 22.4 Å². The number of allylic oxidation sites excluding steroid dienone is 1. The van der Waals surface area contributed by atoms with Gasteiger partial charge in [0, 0.05) is 11.1 Å². The number of hydrogen-bond donors (Lipinski definition) is 2. The summed E-state index contributed by atoms with van der Waals surface area (Å²) < 4.78 is 0. The Labute approximate surface area is 135 Å². The van der Waals surface area contributed by atoms with Crippen LogP contribution >= 0.6 is 0 Å². The third kappa shape index (κ3) is 2.71. The van der Waals surface area contributed by atoms with Crippen molar-refractivity contribution in [3.63, 3.8) is 0 Å². The Kier molecular flexibility index (Phi) is 4.15. The monoisotopic (exact) mass is 302 g/mol. The smallest absolute Gasteiger partial charge is 0.124 e. The molecule has 2 nitrogen and oxygen atoms in total. The summed E-state index contributed by atoms with van der Waals surface area (Å²) in [5.41, 5.74) is 3.11. The van der Waals surface area contributed by atoms with Gasteiger partial charge in [-0.2, -0.15) is 0 Å². The van der Waals surface area contributed by atoms with Crippen LogP contribution in [0.1, 0.15) is 23.6 Å². The van der Waals surface area contributed by atoms with Gasteiger partial charge in [0.25, 0.3) is 0 Å². The van der Waals surface area contributed by atoms with E-state index in [1.54, 1.807) is 6.07 Å². The van der Waals surface area contributed by atoms with E-state index in [1.807, 2.05) is 73.7 Å². The number of phenols is 1. The van der Waals surface area contributed by atoms with Gasteiger partial charge in [-0.3, -0.25) is 0 Å². The van der Waals surface area contributed by atoms with E-state index in [2.05, 4.69) is 0 Å². The summed E-state index contributed by atoms with van der Waals surface area (Å²) in [7, 11) is 0. The van der Waals surface area contributed by atoms with Crippen LogP contribution in [0, 0.1) is 0 Å². The van der Waals surface area contributed by atoms with Crippen LogP contribution in [0.5, 0.6) is 5.75 Å². The lowest BCUT2D eigenvalue weighted by Crippen LogP contribution is -1.94. The molecule has 0 aliphatic carbocycles. The zero-order valence-corrected chi connectivity index (χ0v) is 12.9. The molecule has 0 fully saturated rings. The van der Waals surface area contributed by atoms with Crippen LogP contribution in [-0.2, 0) is 0 Å². The third-order valence-electron chi connectivity index (χ3n) is 3.90. The number of rotatable bonds is 3. The molecule has 0 saturated heterocycles. The first-order valence-electron chi connectivity index (χ1n) is 7.54. The van der Waals surface area contributed by atoms with Crippen molar-refractivity contribution in [1.29, 1.82) is 0 Å². The zero-order valence-electron chi connectivity index (χ0n) is 12.9. The van der Waals surface area contributed by atoms with Crippen LogP contribution in [0.3, 0.4) is 0 Å². The maximum absolute atomic E-state index is 10.4. The molecule has 3 aromatic carbocycles. The van der Waals surface area contributed by atoms with Crippen molar-refractivity contribution in [3.8, 4) is 5.75 Å². The molecule has 0 bridgehead atoms. The molecule has 0 amide bonds. The van der Waals surface area contributed by atoms with E-state index in [0.29, 0.717) is 11.1 Å². The summed E-state index contributed by atoms with van der Waals surface area (Å²) in [5, 5.41) is 22.3. The molecule has 0 aromatic heterocycles. The summed E-state index contributed by atoms with van der Waals surface area (Å²) >= 11 is 0. The zero-order chi connectivity index (χ0) is 16.2. The van der Waals surface area contributed by atoms with E-state index in [4.69, 9.17) is 0 Å². The van der Waals surface area contributed by atoms with Crippen LogP contribution in [0.25, 0.3) is 22.4 Å². The Balaban J connectivity index is 2.31. The SMILES string of the molecule is C/C=C\c1ccccc1C(=CO)c1c(O)ccc2ccccc12. The molecule has 0 aliphatic rings. The highest BCUT2D eigenvalue weighted by atomic mass is 16.3. The van der Waals surface area contributed by atoms with Crippen molar-refractivity contribution in [2.24, 2.45) is 0 Å². The fraction of sp³-hybridized carbons (Fsp3) is 0.0476. The lowest BCUT2D eigenvalue weighted by molar-refractivity contribution is 0.468. The highest BCUT2D eigenvalue weighted by Gasteiger charge is 2.15. The number of fused-ring (bicyclic) bond motifs is 1. The minimum Gasteiger partial charge on any atom is -0.515 e. The lowest BCUT2D eigenvalue weighted by Gasteiger charge is -2.14. The number of aromatic hydroxyl groups is 1. The summed E-state index contributed by atoms with van der Waals surface area (Å²) in [5.74, 6) is 0.152. The Hall–Kier alpha value is -3.00. The van der Waals surface area contributed by atoms with Crippen molar-refractivity contribution in [1.82, 2.24) is 0 Å². The van der Waals surface area contributed by atoms with Gasteiger partial charge in [-0.05, 0) is 34.9 Å².